The number of sulfonamides is 1. The number of hydrogen-bond acceptors (Lipinski definition) is 6. The normalized spacial score (nSPS) is 11.3. The van der Waals surface area contributed by atoms with Crippen LogP contribution >= 0.6 is 0 Å². The molecule has 0 spiro atoms. The third-order valence-corrected chi connectivity index (χ3v) is 6.63. The van der Waals surface area contributed by atoms with Crippen LogP contribution in [0.25, 0.3) is 10.8 Å². The Bertz CT molecular complexity index is 1360. The third kappa shape index (κ3) is 4.57. The smallest absolute Gasteiger partial charge is 0.264 e. The lowest BCUT2D eigenvalue weighted by atomic mass is 10.1. The molecule has 4 rings (SSSR count). The first kappa shape index (κ1) is 21.4. The number of aromatic nitrogens is 1. The van der Waals surface area contributed by atoms with Crippen LogP contribution in [0.4, 0.5) is 11.5 Å². The third-order valence-electron chi connectivity index (χ3n) is 4.85. The van der Waals surface area contributed by atoms with E-state index in [2.05, 4.69) is 10.5 Å². The fourth-order valence-corrected chi connectivity index (χ4v) is 4.36. The lowest BCUT2D eigenvalue weighted by Crippen LogP contribution is -2.26. The lowest BCUT2D eigenvalue weighted by Gasteiger charge is -2.20. The van der Waals surface area contributed by atoms with Gasteiger partial charge in [-0.15, -0.1) is 0 Å². The Hall–Kier alpha value is -3.85. The molecule has 0 atom stereocenters. The SMILES string of the molecule is Cc1cc(NC(=O)COc2ccc(N(C)S(=O)(=O)c3ccc4ccccc4c3)cc2)no1. The molecule has 1 N–H and O–H groups in total. The van der Waals surface area contributed by atoms with E-state index >= 15 is 0 Å². The zero-order valence-electron chi connectivity index (χ0n) is 17.5. The molecule has 0 saturated carbocycles. The second kappa shape index (κ2) is 8.72. The van der Waals surface area contributed by atoms with E-state index in [1.807, 2.05) is 24.3 Å². The number of rotatable bonds is 7. The molecule has 0 radical (unpaired) electrons. The summed E-state index contributed by atoms with van der Waals surface area (Å²) in [6, 6.07) is 20.7. The maximum Gasteiger partial charge on any atom is 0.264 e. The van der Waals surface area contributed by atoms with E-state index in [1.54, 1.807) is 55.5 Å². The molecule has 3 aromatic carbocycles. The van der Waals surface area contributed by atoms with Gasteiger partial charge in [-0.1, -0.05) is 35.5 Å². The number of amides is 1. The maximum absolute atomic E-state index is 13.1. The molecule has 8 nitrogen and oxygen atoms in total. The number of fused-ring (bicyclic) bond motifs is 1. The van der Waals surface area contributed by atoms with Crippen molar-refractivity contribution in [1.82, 2.24) is 5.16 Å². The topological polar surface area (TPSA) is 102 Å². The van der Waals surface area contributed by atoms with Crippen LogP contribution in [-0.2, 0) is 14.8 Å². The zero-order chi connectivity index (χ0) is 22.7. The van der Waals surface area contributed by atoms with Gasteiger partial charge in [0, 0.05) is 13.1 Å². The number of benzene rings is 3. The first-order valence-electron chi connectivity index (χ1n) is 9.77. The van der Waals surface area contributed by atoms with Gasteiger partial charge in [-0.25, -0.2) is 8.42 Å². The largest absolute Gasteiger partial charge is 0.484 e. The first-order chi connectivity index (χ1) is 15.3. The number of carbonyl (C=O) groups excluding carboxylic acids is 1. The van der Waals surface area contributed by atoms with Gasteiger partial charge in [-0.05, 0) is 54.1 Å². The monoisotopic (exact) mass is 451 g/mol. The van der Waals surface area contributed by atoms with Gasteiger partial charge in [0.15, 0.2) is 12.4 Å². The molecule has 32 heavy (non-hydrogen) atoms. The van der Waals surface area contributed by atoms with Crippen molar-refractivity contribution in [2.24, 2.45) is 0 Å². The minimum Gasteiger partial charge on any atom is -0.484 e. The summed E-state index contributed by atoms with van der Waals surface area (Å²) in [7, 11) is -2.25. The summed E-state index contributed by atoms with van der Waals surface area (Å²) in [6.45, 7) is 1.49. The Balaban J connectivity index is 1.42. The van der Waals surface area contributed by atoms with Crippen LogP contribution < -0.4 is 14.4 Å². The van der Waals surface area contributed by atoms with Crippen molar-refractivity contribution in [3.8, 4) is 5.75 Å². The average Bonchev–Trinajstić information content (AvgIpc) is 3.21. The molecule has 0 aliphatic heterocycles. The molecule has 164 valence electrons. The van der Waals surface area contributed by atoms with Crippen LogP contribution in [0.15, 0.2) is 82.2 Å². The Kier molecular flexibility index (Phi) is 5.83. The van der Waals surface area contributed by atoms with Crippen molar-refractivity contribution in [2.45, 2.75) is 11.8 Å². The van der Waals surface area contributed by atoms with E-state index in [0.29, 0.717) is 23.0 Å². The van der Waals surface area contributed by atoms with Crippen LogP contribution in [0.2, 0.25) is 0 Å². The molecule has 0 fully saturated rings. The molecular formula is C23H21N3O5S. The predicted octanol–water partition coefficient (Wildman–Crippen LogP) is 3.98. The van der Waals surface area contributed by atoms with Crippen LogP contribution in [0.1, 0.15) is 5.76 Å². The molecule has 0 aliphatic rings. The Morgan fingerprint density at radius 2 is 1.75 bits per heavy atom. The highest BCUT2D eigenvalue weighted by atomic mass is 32.2. The summed E-state index contributed by atoms with van der Waals surface area (Å²) in [5, 5.41) is 8.06. The number of nitrogens with zero attached hydrogens (tertiary/aromatic N) is 2. The van der Waals surface area contributed by atoms with Crippen LogP contribution in [0.5, 0.6) is 5.75 Å². The summed E-state index contributed by atoms with van der Waals surface area (Å²) in [4.78, 5) is 12.2. The molecule has 9 heteroatoms. The van der Waals surface area contributed by atoms with Gasteiger partial charge in [0.1, 0.15) is 11.5 Å². The van der Waals surface area contributed by atoms with E-state index in [1.165, 1.54) is 11.4 Å². The fourth-order valence-electron chi connectivity index (χ4n) is 3.13. The van der Waals surface area contributed by atoms with Gasteiger partial charge >= 0.3 is 0 Å². The molecule has 0 saturated heterocycles. The van der Waals surface area contributed by atoms with Crippen molar-refractivity contribution in [3.63, 3.8) is 0 Å². The van der Waals surface area contributed by atoms with Crippen molar-refractivity contribution < 1.29 is 22.5 Å². The van der Waals surface area contributed by atoms with E-state index in [-0.39, 0.29) is 11.5 Å². The molecule has 0 bridgehead atoms. The molecule has 0 aliphatic carbocycles. The second-order valence-electron chi connectivity index (χ2n) is 7.14. The molecule has 4 aromatic rings. The predicted molar refractivity (Wildman–Crippen MR) is 121 cm³/mol. The highest BCUT2D eigenvalue weighted by Gasteiger charge is 2.21. The molecule has 0 unspecified atom stereocenters. The molecule has 1 aromatic heterocycles. The van der Waals surface area contributed by atoms with Crippen molar-refractivity contribution in [3.05, 3.63) is 78.6 Å². The van der Waals surface area contributed by atoms with Crippen molar-refractivity contribution in [1.29, 1.82) is 0 Å². The summed E-state index contributed by atoms with van der Waals surface area (Å²) >= 11 is 0. The highest BCUT2D eigenvalue weighted by Crippen LogP contribution is 2.26. The van der Waals surface area contributed by atoms with Gasteiger partial charge < -0.3 is 14.6 Å². The number of ether oxygens (including phenoxy) is 1. The molecule has 1 amide bonds. The van der Waals surface area contributed by atoms with Crippen LogP contribution in [-0.4, -0.2) is 33.1 Å². The van der Waals surface area contributed by atoms with Gasteiger partial charge in [-0.2, -0.15) is 0 Å². The van der Waals surface area contributed by atoms with E-state index in [9.17, 15) is 13.2 Å². The summed E-state index contributed by atoms with van der Waals surface area (Å²) in [5.74, 6) is 0.932. The Morgan fingerprint density at radius 3 is 2.44 bits per heavy atom. The Labute approximate surface area is 185 Å². The van der Waals surface area contributed by atoms with Crippen LogP contribution in [0.3, 0.4) is 0 Å². The number of carbonyl (C=O) groups is 1. The van der Waals surface area contributed by atoms with Gasteiger partial charge in [-0.3, -0.25) is 9.10 Å². The highest BCUT2D eigenvalue weighted by molar-refractivity contribution is 7.92. The van der Waals surface area contributed by atoms with Crippen molar-refractivity contribution in [2.75, 3.05) is 23.3 Å². The van der Waals surface area contributed by atoms with Gasteiger partial charge in [0.25, 0.3) is 15.9 Å². The first-order valence-corrected chi connectivity index (χ1v) is 11.2. The fraction of sp³-hybridized carbons (Fsp3) is 0.130. The zero-order valence-corrected chi connectivity index (χ0v) is 18.3. The molecule has 1 heterocycles. The minimum atomic E-state index is -3.74. The van der Waals surface area contributed by atoms with E-state index in [0.717, 1.165) is 10.8 Å². The van der Waals surface area contributed by atoms with Gasteiger partial charge in [0.05, 0.1) is 10.6 Å². The van der Waals surface area contributed by atoms with Crippen LogP contribution in [0, 0.1) is 6.92 Å². The average molecular weight is 452 g/mol. The number of hydrogen-bond donors (Lipinski definition) is 1. The molecular weight excluding hydrogens is 430 g/mol. The number of anilines is 2. The van der Waals surface area contributed by atoms with Crippen molar-refractivity contribution >= 4 is 38.2 Å². The van der Waals surface area contributed by atoms with E-state index in [4.69, 9.17) is 9.26 Å². The standard InChI is InChI=1S/C23H21N3O5S/c1-16-13-22(25-31-16)24-23(27)15-30-20-10-8-19(9-11-20)26(2)32(28,29)21-12-7-17-5-3-4-6-18(17)14-21/h3-14H,15H2,1-2H3,(H,24,25,27). The second-order valence-corrected chi connectivity index (χ2v) is 9.10. The number of aryl methyl sites for hydroxylation is 1. The minimum absolute atomic E-state index is 0.207. The quantitative estimate of drug-likeness (QED) is 0.456. The maximum atomic E-state index is 13.1. The number of nitrogens with one attached hydrogen (secondary N) is 1. The summed E-state index contributed by atoms with van der Waals surface area (Å²) in [6.07, 6.45) is 0. The lowest BCUT2D eigenvalue weighted by molar-refractivity contribution is -0.118. The Morgan fingerprint density at radius 1 is 1.03 bits per heavy atom. The summed E-state index contributed by atoms with van der Waals surface area (Å²) in [5.41, 5.74) is 0.466. The van der Waals surface area contributed by atoms with Gasteiger partial charge in [0.2, 0.25) is 0 Å². The summed E-state index contributed by atoms with van der Waals surface area (Å²) < 4.78 is 37.7. The van der Waals surface area contributed by atoms with E-state index < -0.39 is 15.9 Å².